The number of aryl methyl sites for hydroxylation is 1. The Bertz CT molecular complexity index is 365. The van der Waals surface area contributed by atoms with Crippen LogP contribution in [-0.2, 0) is 11.2 Å². The lowest BCUT2D eigenvalue weighted by atomic mass is 10.3. The van der Waals surface area contributed by atoms with Crippen molar-refractivity contribution in [1.82, 2.24) is 9.97 Å². The zero-order chi connectivity index (χ0) is 12.1. The summed E-state index contributed by atoms with van der Waals surface area (Å²) in [5, 5.41) is 3.03. The van der Waals surface area contributed by atoms with E-state index in [4.69, 9.17) is 9.47 Å². The van der Waals surface area contributed by atoms with Gasteiger partial charge in [0.25, 0.3) is 0 Å². The predicted molar refractivity (Wildman–Crippen MR) is 65.4 cm³/mol. The molecule has 1 aliphatic rings. The van der Waals surface area contributed by atoms with Crippen molar-refractivity contribution >= 4 is 5.82 Å². The van der Waals surface area contributed by atoms with Crippen LogP contribution < -0.4 is 10.1 Å². The summed E-state index contributed by atoms with van der Waals surface area (Å²) in [6.45, 7) is 3.54. The molecule has 1 N–H and O–H groups in total. The molecule has 1 saturated heterocycles. The van der Waals surface area contributed by atoms with Gasteiger partial charge in [-0.05, 0) is 6.42 Å². The number of hydrogen-bond donors (Lipinski definition) is 1. The number of aromatic nitrogens is 2. The summed E-state index contributed by atoms with van der Waals surface area (Å²) in [4.78, 5) is 8.79. The highest BCUT2D eigenvalue weighted by Gasteiger charge is 2.18. The molecule has 5 heteroatoms. The third-order valence-corrected chi connectivity index (χ3v) is 2.65. The second kappa shape index (κ2) is 5.82. The largest absolute Gasteiger partial charge is 0.472 e. The Balaban J connectivity index is 2.10. The van der Waals surface area contributed by atoms with Gasteiger partial charge in [0.2, 0.25) is 5.88 Å². The number of rotatable bonds is 5. The molecule has 0 bridgehead atoms. The lowest BCUT2D eigenvalue weighted by Gasteiger charge is -2.12. The highest BCUT2D eigenvalue weighted by molar-refractivity contribution is 5.37. The lowest BCUT2D eigenvalue weighted by molar-refractivity contribution is 0.138. The topological polar surface area (TPSA) is 56.3 Å². The number of ether oxygens (including phenoxy) is 2. The van der Waals surface area contributed by atoms with E-state index in [0.29, 0.717) is 12.5 Å². The molecule has 94 valence electrons. The molecule has 1 unspecified atom stereocenters. The van der Waals surface area contributed by atoms with Crippen LogP contribution in [0.3, 0.4) is 0 Å². The third kappa shape index (κ3) is 3.30. The van der Waals surface area contributed by atoms with Gasteiger partial charge in [-0.2, -0.15) is 4.98 Å². The number of nitrogens with one attached hydrogen (secondary N) is 1. The first-order valence-corrected chi connectivity index (χ1v) is 6.12. The standard InChI is InChI=1S/C12H19N3O2/c1-3-4-10-14-11(13-2)7-12(15-10)17-9-5-6-16-8-9/h7,9H,3-6,8H2,1-2H3,(H,13,14,15). The van der Waals surface area contributed by atoms with Crippen LogP contribution in [0.1, 0.15) is 25.6 Å². The minimum absolute atomic E-state index is 0.129. The van der Waals surface area contributed by atoms with E-state index < -0.39 is 0 Å². The molecule has 1 fully saturated rings. The fourth-order valence-corrected chi connectivity index (χ4v) is 1.77. The van der Waals surface area contributed by atoms with Crippen molar-refractivity contribution in [3.63, 3.8) is 0 Å². The maximum absolute atomic E-state index is 5.79. The quantitative estimate of drug-likeness (QED) is 0.843. The van der Waals surface area contributed by atoms with E-state index in [2.05, 4.69) is 22.2 Å². The second-order valence-electron chi connectivity index (χ2n) is 4.11. The SMILES string of the molecule is CCCc1nc(NC)cc(OC2CCOC2)n1. The predicted octanol–water partition coefficient (Wildman–Crippen LogP) is 1.64. The molecule has 0 spiro atoms. The molecule has 1 atom stereocenters. The van der Waals surface area contributed by atoms with Gasteiger partial charge in [0, 0.05) is 26.0 Å². The van der Waals surface area contributed by atoms with Crippen LogP contribution in [0, 0.1) is 0 Å². The van der Waals surface area contributed by atoms with Gasteiger partial charge in [-0.3, -0.25) is 0 Å². The Morgan fingerprint density at radius 3 is 3.06 bits per heavy atom. The van der Waals surface area contributed by atoms with E-state index in [-0.39, 0.29) is 6.10 Å². The molecule has 1 aromatic rings. The molecule has 17 heavy (non-hydrogen) atoms. The highest BCUT2D eigenvalue weighted by Crippen LogP contribution is 2.18. The molecule has 5 nitrogen and oxygen atoms in total. The Morgan fingerprint density at radius 1 is 1.53 bits per heavy atom. The average Bonchev–Trinajstić information content (AvgIpc) is 2.82. The Labute approximate surface area is 102 Å². The van der Waals surface area contributed by atoms with Crippen LogP contribution in [0.15, 0.2) is 6.07 Å². The lowest BCUT2D eigenvalue weighted by Crippen LogP contribution is -2.17. The van der Waals surface area contributed by atoms with Crippen molar-refractivity contribution in [3.05, 3.63) is 11.9 Å². The Kier molecular flexibility index (Phi) is 4.14. The van der Waals surface area contributed by atoms with Gasteiger partial charge in [0.05, 0.1) is 13.2 Å². The van der Waals surface area contributed by atoms with Gasteiger partial charge in [-0.15, -0.1) is 0 Å². The molecule has 2 rings (SSSR count). The van der Waals surface area contributed by atoms with Gasteiger partial charge < -0.3 is 14.8 Å². The van der Waals surface area contributed by atoms with Crippen molar-refractivity contribution in [2.75, 3.05) is 25.6 Å². The molecule has 0 aromatic carbocycles. The molecule has 0 amide bonds. The van der Waals surface area contributed by atoms with Crippen LogP contribution in [0.2, 0.25) is 0 Å². The summed E-state index contributed by atoms with van der Waals surface area (Å²) in [6.07, 6.45) is 2.96. The maximum atomic E-state index is 5.79. The fraction of sp³-hybridized carbons (Fsp3) is 0.667. The van der Waals surface area contributed by atoms with Crippen molar-refractivity contribution in [1.29, 1.82) is 0 Å². The summed E-state index contributed by atoms with van der Waals surface area (Å²) < 4.78 is 11.1. The molecular weight excluding hydrogens is 218 g/mol. The number of hydrogen-bond acceptors (Lipinski definition) is 5. The first-order chi connectivity index (χ1) is 8.31. The normalized spacial score (nSPS) is 19.3. The van der Waals surface area contributed by atoms with Crippen LogP contribution in [0.5, 0.6) is 5.88 Å². The van der Waals surface area contributed by atoms with Crippen LogP contribution in [0.25, 0.3) is 0 Å². The summed E-state index contributed by atoms with van der Waals surface area (Å²) >= 11 is 0. The summed E-state index contributed by atoms with van der Waals surface area (Å²) in [6, 6.07) is 1.83. The minimum Gasteiger partial charge on any atom is -0.472 e. The van der Waals surface area contributed by atoms with E-state index in [1.807, 2.05) is 13.1 Å². The second-order valence-corrected chi connectivity index (χ2v) is 4.11. The van der Waals surface area contributed by atoms with Crippen molar-refractivity contribution < 1.29 is 9.47 Å². The molecule has 0 radical (unpaired) electrons. The minimum atomic E-state index is 0.129. The molecule has 0 aliphatic carbocycles. The summed E-state index contributed by atoms with van der Waals surface area (Å²) in [7, 11) is 1.85. The van der Waals surface area contributed by atoms with E-state index in [9.17, 15) is 0 Å². The van der Waals surface area contributed by atoms with Gasteiger partial charge >= 0.3 is 0 Å². The summed E-state index contributed by atoms with van der Waals surface area (Å²) in [5.74, 6) is 2.27. The number of nitrogens with zero attached hydrogens (tertiary/aromatic N) is 2. The third-order valence-electron chi connectivity index (χ3n) is 2.65. The monoisotopic (exact) mass is 237 g/mol. The highest BCUT2D eigenvalue weighted by atomic mass is 16.5. The van der Waals surface area contributed by atoms with Crippen molar-refractivity contribution in [2.24, 2.45) is 0 Å². The Morgan fingerprint density at radius 2 is 2.41 bits per heavy atom. The van der Waals surface area contributed by atoms with Gasteiger partial charge in [0.15, 0.2) is 0 Å². The molecule has 1 aromatic heterocycles. The van der Waals surface area contributed by atoms with Crippen LogP contribution in [-0.4, -0.2) is 36.3 Å². The zero-order valence-electron chi connectivity index (χ0n) is 10.4. The van der Waals surface area contributed by atoms with Crippen LogP contribution >= 0.6 is 0 Å². The van der Waals surface area contributed by atoms with E-state index >= 15 is 0 Å². The zero-order valence-corrected chi connectivity index (χ0v) is 10.4. The molecule has 1 aliphatic heterocycles. The van der Waals surface area contributed by atoms with Gasteiger partial charge in [-0.25, -0.2) is 4.98 Å². The van der Waals surface area contributed by atoms with Crippen LogP contribution in [0.4, 0.5) is 5.82 Å². The molecule has 0 saturated carbocycles. The average molecular weight is 237 g/mol. The van der Waals surface area contributed by atoms with Crippen molar-refractivity contribution in [2.45, 2.75) is 32.3 Å². The molecular formula is C12H19N3O2. The van der Waals surface area contributed by atoms with Gasteiger partial charge in [0.1, 0.15) is 17.7 Å². The smallest absolute Gasteiger partial charge is 0.219 e. The van der Waals surface area contributed by atoms with E-state index in [1.165, 1.54) is 0 Å². The fourth-order valence-electron chi connectivity index (χ4n) is 1.77. The summed E-state index contributed by atoms with van der Waals surface area (Å²) in [5.41, 5.74) is 0. The first kappa shape index (κ1) is 12.1. The Hall–Kier alpha value is -1.36. The number of anilines is 1. The molecule has 2 heterocycles. The van der Waals surface area contributed by atoms with E-state index in [0.717, 1.165) is 37.5 Å². The van der Waals surface area contributed by atoms with E-state index in [1.54, 1.807) is 0 Å². The van der Waals surface area contributed by atoms with Gasteiger partial charge in [-0.1, -0.05) is 6.92 Å². The first-order valence-electron chi connectivity index (χ1n) is 6.12. The van der Waals surface area contributed by atoms with Crippen molar-refractivity contribution in [3.8, 4) is 5.88 Å². The maximum Gasteiger partial charge on any atom is 0.219 e.